The van der Waals surface area contributed by atoms with Crippen molar-refractivity contribution in [1.82, 2.24) is 14.5 Å². The van der Waals surface area contributed by atoms with Gasteiger partial charge in [-0.2, -0.15) is 0 Å². The van der Waals surface area contributed by atoms with Crippen LogP contribution in [0.25, 0.3) is 10.9 Å². The summed E-state index contributed by atoms with van der Waals surface area (Å²) in [7, 11) is 1.61. The normalized spacial score (nSPS) is 12.1. The van der Waals surface area contributed by atoms with Crippen LogP contribution in [0.5, 0.6) is 0 Å². The van der Waals surface area contributed by atoms with Crippen molar-refractivity contribution in [3.05, 3.63) is 75.8 Å². The second kappa shape index (κ2) is 12.4. The molecule has 0 aliphatic carbocycles. The van der Waals surface area contributed by atoms with Gasteiger partial charge in [0.15, 0.2) is 0 Å². The van der Waals surface area contributed by atoms with Crippen LogP contribution in [0.1, 0.15) is 60.4 Å². The molecule has 182 valence electrons. The van der Waals surface area contributed by atoms with Crippen molar-refractivity contribution in [3.8, 4) is 0 Å². The first-order chi connectivity index (χ1) is 16.5. The number of para-hydroxylation sites is 1. The average Bonchev–Trinajstić information content (AvgIpc) is 2.85. The van der Waals surface area contributed by atoms with Gasteiger partial charge in [0.2, 0.25) is 0 Å². The second-order valence-electron chi connectivity index (χ2n) is 8.68. The molecule has 1 aromatic heterocycles. The van der Waals surface area contributed by atoms with Crippen molar-refractivity contribution < 1.29 is 9.53 Å². The highest BCUT2D eigenvalue weighted by Crippen LogP contribution is 2.23. The third kappa shape index (κ3) is 6.10. The number of rotatable bonds is 12. The number of carbonyl (C=O) groups excluding carboxylic acids is 1. The number of hydrogen-bond donors (Lipinski definition) is 1. The Kier molecular flexibility index (Phi) is 9.36. The summed E-state index contributed by atoms with van der Waals surface area (Å²) < 4.78 is 6.91. The first-order valence-electron chi connectivity index (χ1n) is 12.0. The highest BCUT2D eigenvalue weighted by molar-refractivity contribution is 5.94. The maximum atomic E-state index is 13.6. The maximum Gasteiger partial charge on any atom is 0.261 e. The standard InChI is InChI=1S/C27H36N4O3/c1-20-12-14-22(15-13-20)26(32)30(17-9-5-4-8-16-28)21(2)25-29-24-11-7-6-10-23(24)27(33)31(25)18-19-34-3/h6-7,10-15,21H,4-5,8-9,16-19,28H2,1-3H3. The largest absolute Gasteiger partial charge is 0.383 e. The number of fused-ring (bicyclic) bond motifs is 1. The Morgan fingerprint density at radius 3 is 2.50 bits per heavy atom. The number of benzene rings is 2. The fourth-order valence-corrected chi connectivity index (χ4v) is 4.16. The lowest BCUT2D eigenvalue weighted by atomic mass is 10.1. The molecule has 0 aliphatic heterocycles. The van der Waals surface area contributed by atoms with Crippen LogP contribution in [0.15, 0.2) is 53.3 Å². The molecule has 1 amide bonds. The zero-order chi connectivity index (χ0) is 24.5. The Hall–Kier alpha value is -3.03. The third-order valence-electron chi connectivity index (χ3n) is 6.16. The second-order valence-corrected chi connectivity index (χ2v) is 8.68. The smallest absolute Gasteiger partial charge is 0.261 e. The molecule has 0 saturated carbocycles. The van der Waals surface area contributed by atoms with Gasteiger partial charge in [-0.25, -0.2) is 4.98 Å². The van der Waals surface area contributed by atoms with Gasteiger partial charge in [-0.15, -0.1) is 0 Å². The lowest BCUT2D eigenvalue weighted by Gasteiger charge is -2.31. The molecule has 0 aliphatic rings. The highest BCUT2D eigenvalue weighted by atomic mass is 16.5. The monoisotopic (exact) mass is 464 g/mol. The highest BCUT2D eigenvalue weighted by Gasteiger charge is 2.27. The molecule has 3 aromatic rings. The number of ether oxygens (including phenoxy) is 1. The van der Waals surface area contributed by atoms with Gasteiger partial charge in [0, 0.05) is 19.2 Å². The zero-order valence-electron chi connectivity index (χ0n) is 20.5. The summed E-state index contributed by atoms with van der Waals surface area (Å²) in [5, 5.41) is 0.563. The minimum Gasteiger partial charge on any atom is -0.383 e. The SMILES string of the molecule is COCCn1c(C(C)N(CCCCCCN)C(=O)c2ccc(C)cc2)nc2ccccc2c1=O. The molecule has 0 saturated heterocycles. The summed E-state index contributed by atoms with van der Waals surface area (Å²) in [6.07, 6.45) is 3.86. The number of unbranched alkanes of at least 4 members (excludes halogenated alkanes) is 3. The molecule has 7 nitrogen and oxygen atoms in total. The number of methoxy groups -OCH3 is 1. The van der Waals surface area contributed by atoms with Gasteiger partial charge < -0.3 is 15.4 Å². The number of nitrogens with zero attached hydrogens (tertiary/aromatic N) is 3. The van der Waals surface area contributed by atoms with Crippen LogP contribution >= 0.6 is 0 Å². The predicted molar refractivity (Wildman–Crippen MR) is 136 cm³/mol. The van der Waals surface area contributed by atoms with Crippen molar-refractivity contribution in [3.63, 3.8) is 0 Å². The fraction of sp³-hybridized carbons (Fsp3) is 0.444. The number of carbonyl (C=O) groups is 1. The van der Waals surface area contributed by atoms with Crippen molar-refractivity contribution in [2.24, 2.45) is 5.73 Å². The molecular formula is C27H36N4O3. The van der Waals surface area contributed by atoms with E-state index in [1.54, 1.807) is 17.7 Å². The molecule has 1 heterocycles. The lowest BCUT2D eigenvalue weighted by Crippen LogP contribution is -2.39. The van der Waals surface area contributed by atoms with Gasteiger partial charge in [-0.05, 0) is 57.5 Å². The van der Waals surface area contributed by atoms with E-state index in [-0.39, 0.29) is 11.5 Å². The van der Waals surface area contributed by atoms with Crippen LogP contribution in [-0.2, 0) is 11.3 Å². The predicted octanol–water partition coefficient (Wildman–Crippen LogP) is 4.07. The Bertz CT molecular complexity index is 1140. The van der Waals surface area contributed by atoms with E-state index in [1.165, 1.54) is 0 Å². The minimum absolute atomic E-state index is 0.0629. The van der Waals surface area contributed by atoms with E-state index in [0.29, 0.717) is 48.5 Å². The minimum atomic E-state index is -0.391. The molecule has 3 rings (SSSR count). The Balaban J connectivity index is 2.01. The van der Waals surface area contributed by atoms with Crippen molar-refractivity contribution in [2.75, 3.05) is 26.8 Å². The molecule has 1 unspecified atom stereocenters. The fourth-order valence-electron chi connectivity index (χ4n) is 4.16. The topological polar surface area (TPSA) is 90.4 Å². The summed E-state index contributed by atoms with van der Waals surface area (Å²) in [5.41, 5.74) is 7.88. The number of amides is 1. The Morgan fingerprint density at radius 1 is 1.09 bits per heavy atom. The average molecular weight is 465 g/mol. The van der Waals surface area contributed by atoms with Crippen molar-refractivity contribution >= 4 is 16.8 Å². The number of nitrogens with two attached hydrogens (primary N) is 1. The molecule has 0 bridgehead atoms. The lowest BCUT2D eigenvalue weighted by molar-refractivity contribution is 0.0673. The van der Waals surface area contributed by atoms with Gasteiger partial charge in [0.05, 0.1) is 30.1 Å². The van der Waals surface area contributed by atoms with Crippen LogP contribution < -0.4 is 11.3 Å². The number of hydrogen-bond acceptors (Lipinski definition) is 5. The zero-order valence-corrected chi connectivity index (χ0v) is 20.5. The first kappa shape index (κ1) is 25.6. The van der Waals surface area contributed by atoms with Gasteiger partial charge >= 0.3 is 0 Å². The molecule has 0 spiro atoms. The summed E-state index contributed by atoms with van der Waals surface area (Å²) in [6.45, 7) is 5.95. The number of aryl methyl sites for hydroxylation is 1. The van der Waals surface area contributed by atoms with E-state index >= 15 is 0 Å². The summed E-state index contributed by atoms with van der Waals surface area (Å²) >= 11 is 0. The van der Waals surface area contributed by atoms with Gasteiger partial charge in [0.1, 0.15) is 5.82 Å². The van der Waals surface area contributed by atoms with Crippen LogP contribution in [0.2, 0.25) is 0 Å². The molecule has 0 radical (unpaired) electrons. The number of aromatic nitrogens is 2. The van der Waals surface area contributed by atoms with Gasteiger partial charge in [-0.3, -0.25) is 14.2 Å². The quantitative estimate of drug-likeness (QED) is 0.408. The van der Waals surface area contributed by atoms with Gasteiger partial charge in [-0.1, -0.05) is 42.7 Å². The third-order valence-corrected chi connectivity index (χ3v) is 6.16. The van der Waals surface area contributed by atoms with Crippen LogP contribution in [0.3, 0.4) is 0 Å². The summed E-state index contributed by atoms with van der Waals surface area (Å²) in [5.74, 6) is 0.509. The maximum absolute atomic E-state index is 13.6. The van der Waals surface area contributed by atoms with E-state index < -0.39 is 6.04 Å². The van der Waals surface area contributed by atoms with Crippen LogP contribution in [0.4, 0.5) is 0 Å². The first-order valence-corrected chi connectivity index (χ1v) is 12.0. The molecule has 0 fully saturated rings. The van der Waals surface area contributed by atoms with E-state index in [1.807, 2.05) is 61.2 Å². The van der Waals surface area contributed by atoms with E-state index in [9.17, 15) is 9.59 Å². The van der Waals surface area contributed by atoms with E-state index in [2.05, 4.69) is 0 Å². The molecule has 2 aromatic carbocycles. The Labute approximate surface area is 201 Å². The molecule has 7 heteroatoms. The molecule has 34 heavy (non-hydrogen) atoms. The van der Waals surface area contributed by atoms with E-state index in [4.69, 9.17) is 15.5 Å². The van der Waals surface area contributed by atoms with Crippen molar-refractivity contribution in [1.29, 1.82) is 0 Å². The van der Waals surface area contributed by atoms with E-state index in [0.717, 1.165) is 31.2 Å². The summed E-state index contributed by atoms with van der Waals surface area (Å²) in [6, 6.07) is 14.5. The molecular weight excluding hydrogens is 428 g/mol. The molecule has 2 N–H and O–H groups in total. The van der Waals surface area contributed by atoms with Crippen molar-refractivity contribution in [2.45, 2.75) is 52.1 Å². The summed E-state index contributed by atoms with van der Waals surface area (Å²) in [4.78, 5) is 33.7. The molecule has 1 atom stereocenters. The Morgan fingerprint density at radius 2 is 1.79 bits per heavy atom. The van der Waals surface area contributed by atoms with Crippen LogP contribution in [-0.4, -0.2) is 47.2 Å². The van der Waals surface area contributed by atoms with Gasteiger partial charge in [0.25, 0.3) is 11.5 Å². The van der Waals surface area contributed by atoms with Crippen LogP contribution in [0, 0.1) is 6.92 Å².